The molecule has 1 aromatic heterocycles. The van der Waals surface area contributed by atoms with Crippen molar-refractivity contribution in [2.45, 2.75) is 13.0 Å². The fourth-order valence-corrected chi connectivity index (χ4v) is 4.65. The third-order valence-corrected chi connectivity index (χ3v) is 6.31. The quantitative estimate of drug-likeness (QED) is 0.813. The molecule has 0 saturated carbocycles. The molecular weight excluding hydrogens is 397 g/mol. The SMILES string of the molecule is Cc1[nH]nc(C(=O)N2C[C@@H]3CN(C(=O)N(C)C)[C@@H](c4cccc(F)c4)[C@@H]3C2)c1Cl. The molecule has 0 aliphatic carbocycles. The Morgan fingerprint density at radius 2 is 2.03 bits per heavy atom. The lowest BCUT2D eigenvalue weighted by atomic mass is 9.89. The summed E-state index contributed by atoms with van der Waals surface area (Å²) in [5.41, 5.74) is 1.61. The molecule has 1 N–H and O–H groups in total. The Morgan fingerprint density at radius 1 is 1.28 bits per heavy atom. The number of amides is 3. The van der Waals surface area contributed by atoms with Crippen LogP contribution in [0.3, 0.4) is 0 Å². The van der Waals surface area contributed by atoms with Gasteiger partial charge in [-0.05, 0) is 24.6 Å². The highest BCUT2D eigenvalue weighted by molar-refractivity contribution is 6.34. The molecule has 154 valence electrons. The van der Waals surface area contributed by atoms with Crippen molar-refractivity contribution in [3.8, 4) is 0 Å². The third kappa shape index (κ3) is 3.35. The molecule has 0 bridgehead atoms. The van der Waals surface area contributed by atoms with Crippen LogP contribution in [0, 0.1) is 24.6 Å². The molecule has 0 radical (unpaired) electrons. The molecule has 4 rings (SSSR count). The lowest BCUT2D eigenvalue weighted by Crippen LogP contribution is -2.42. The molecule has 0 unspecified atom stereocenters. The first-order valence-electron chi connectivity index (χ1n) is 9.51. The zero-order valence-corrected chi connectivity index (χ0v) is 17.3. The summed E-state index contributed by atoms with van der Waals surface area (Å²) in [6.07, 6.45) is 0. The number of rotatable bonds is 2. The van der Waals surface area contributed by atoms with Gasteiger partial charge in [-0.3, -0.25) is 9.89 Å². The second-order valence-electron chi connectivity index (χ2n) is 7.97. The van der Waals surface area contributed by atoms with E-state index in [-0.39, 0.29) is 41.3 Å². The van der Waals surface area contributed by atoms with Gasteiger partial charge in [-0.25, -0.2) is 9.18 Å². The summed E-state index contributed by atoms with van der Waals surface area (Å²) in [7, 11) is 3.41. The highest BCUT2D eigenvalue weighted by atomic mass is 35.5. The molecule has 2 aromatic rings. The number of nitrogens with one attached hydrogen (secondary N) is 1. The van der Waals surface area contributed by atoms with E-state index in [0.29, 0.717) is 30.4 Å². The van der Waals surface area contributed by atoms with Crippen LogP contribution < -0.4 is 0 Å². The van der Waals surface area contributed by atoms with Crippen LogP contribution in [0.15, 0.2) is 24.3 Å². The fourth-order valence-electron chi connectivity index (χ4n) is 4.49. The van der Waals surface area contributed by atoms with Gasteiger partial charge in [0.25, 0.3) is 5.91 Å². The van der Waals surface area contributed by atoms with Crippen LogP contribution in [-0.4, -0.2) is 70.6 Å². The zero-order chi connectivity index (χ0) is 20.9. The first-order chi connectivity index (χ1) is 13.8. The van der Waals surface area contributed by atoms with Crippen molar-refractivity contribution in [2.24, 2.45) is 11.8 Å². The number of aromatic amines is 1. The number of aromatic nitrogens is 2. The Bertz CT molecular complexity index is 962. The van der Waals surface area contributed by atoms with Gasteiger partial charge < -0.3 is 14.7 Å². The minimum atomic E-state index is -0.340. The van der Waals surface area contributed by atoms with Crippen molar-refractivity contribution < 1.29 is 14.0 Å². The van der Waals surface area contributed by atoms with Crippen LogP contribution >= 0.6 is 11.6 Å². The summed E-state index contributed by atoms with van der Waals surface area (Å²) in [6.45, 7) is 3.24. The van der Waals surface area contributed by atoms with E-state index in [9.17, 15) is 14.0 Å². The number of urea groups is 1. The zero-order valence-electron chi connectivity index (χ0n) is 16.5. The van der Waals surface area contributed by atoms with Crippen LogP contribution in [-0.2, 0) is 0 Å². The maximum atomic E-state index is 13.9. The average Bonchev–Trinajstić information content (AvgIpc) is 3.33. The lowest BCUT2D eigenvalue weighted by Gasteiger charge is -2.31. The molecule has 0 spiro atoms. The first kappa shape index (κ1) is 19.7. The Labute approximate surface area is 173 Å². The molecule has 2 fully saturated rings. The molecule has 7 nitrogen and oxygen atoms in total. The van der Waals surface area contributed by atoms with Crippen molar-refractivity contribution in [2.75, 3.05) is 33.7 Å². The largest absolute Gasteiger partial charge is 0.336 e. The second kappa shape index (κ2) is 7.33. The van der Waals surface area contributed by atoms with Gasteiger partial charge in [0, 0.05) is 45.6 Å². The summed E-state index contributed by atoms with van der Waals surface area (Å²) in [4.78, 5) is 30.8. The number of hydrogen-bond acceptors (Lipinski definition) is 3. The molecular formula is C20H23ClFN5O2. The van der Waals surface area contributed by atoms with Crippen molar-refractivity contribution in [1.29, 1.82) is 0 Å². The van der Waals surface area contributed by atoms with Gasteiger partial charge in [-0.2, -0.15) is 5.10 Å². The number of likely N-dealkylation sites (tertiary alicyclic amines) is 2. The van der Waals surface area contributed by atoms with Gasteiger partial charge in [0.05, 0.1) is 16.8 Å². The summed E-state index contributed by atoms with van der Waals surface area (Å²) in [5, 5.41) is 7.11. The summed E-state index contributed by atoms with van der Waals surface area (Å²) < 4.78 is 13.9. The van der Waals surface area contributed by atoms with Gasteiger partial charge >= 0.3 is 6.03 Å². The molecule has 1 aromatic carbocycles. The van der Waals surface area contributed by atoms with E-state index in [2.05, 4.69) is 10.2 Å². The number of H-pyrrole nitrogens is 1. The molecule has 3 amide bonds. The summed E-state index contributed by atoms with van der Waals surface area (Å²) in [5.74, 6) is -0.441. The van der Waals surface area contributed by atoms with E-state index >= 15 is 0 Å². The molecule has 2 saturated heterocycles. The minimum absolute atomic E-state index is 0.0171. The Balaban J connectivity index is 1.63. The van der Waals surface area contributed by atoms with Gasteiger partial charge in [0.15, 0.2) is 5.69 Å². The minimum Gasteiger partial charge on any atom is -0.336 e. The average molecular weight is 420 g/mol. The van der Waals surface area contributed by atoms with Crippen LogP contribution in [0.5, 0.6) is 0 Å². The molecule has 2 aliphatic rings. The predicted molar refractivity (Wildman–Crippen MR) is 106 cm³/mol. The number of hydrogen-bond donors (Lipinski definition) is 1. The van der Waals surface area contributed by atoms with E-state index in [1.54, 1.807) is 36.9 Å². The van der Waals surface area contributed by atoms with Crippen molar-refractivity contribution >= 4 is 23.5 Å². The van der Waals surface area contributed by atoms with E-state index in [1.807, 2.05) is 6.07 Å². The molecule has 3 heterocycles. The number of carbonyl (C=O) groups is 2. The monoisotopic (exact) mass is 419 g/mol. The Morgan fingerprint density at radius 3 is 2.66 bits per heavy atom. The molecule has 2 aliphatic heterocycles. The lowest BCUT2D eigenvalue weighted by molar-refractivity contribution is 0.0761. The van der Waals surface area contributed by atoms with Crippen molar-refractivity contribution in [3.63, 3.8) is 0 Å². The van der Waals surface area contributed by atoms with Crippen LogP contribution in [0.1, 0.15) is 27.8 Å². The summed E-state index contributed by atoms with van der Waals surface area (Å²) in [6, 6.07) is 5.95. The van der Waals surface area contributed by atoms with Gasteiger partial charge in [-0.15, -0.1) is 0 Å². The van der Waals surface area contributed by atoms with Crippen LogP contribution in [0.4, 0.5) is 9.18 Å². The Hall–Kier alpha value is -2.61. The van der Waals surface area contributed by atoms with Crippen LogP contribution in [0.25, 0.3) is 0 Å². The number of nitrogens with zero attached hydrogens (tertiary/aromatic N) is 4. The number of aryl methyl sites for hydroxylation is 1. The van der Waals surface area contributed by atoms with Gasteiger partial charge in [0.1, 0.15) is 5.82 Å². The van der Waals surface area contributed by atoms with Gasteiger partial charge in [0.2, 0.25) is 0 Å². The van der Waals surface area contributed by atoms with E-state index in [4.69, 9.17) is 11.6 Å². The molecule has 3 atom stereocenters. The molecule has 29 heavy (non-hydrogen) atoms. The normalized spacial score (nSPS) is 23.4. The first-order valence-corrected chi connectivity index (χ1v) is 9.88. The highest BCUT2D eigenvalue weighted by Crippen LogP contribution is 2.45. The van der Waals surface area contributed by atoms with Crippen molar-refractivity contribution in [1.82, 2.24) is 24.9 Å². The maximum absolute atomic E-state index is 13.9. The molecule has 9 heteroatoms. The fraction of sp³-hybridized carbons (Fsp3) is 0.450. The number of carbonyl (C=O) groups excluding carboxylic acids is 2. The smallest absolute Gasteiger partial charge is 0.320 e. The van der Waals surface area contributed by atoms with Crippen LogP contribution in [0.2, 0.25) is 5.02 Å². The predicted octanol–water partition coefficient (Wildman–Crippen LogP) is 2.94. The highest BCUT2D eigenvalue weighted by Gasteiger charge is 2.50. The number of fused-ring (bicyclic) bond motifs is 1. The number of benzene rings is 1. The summed E-state index contributed by atoms with van der Waals surface area (Å²) >= 11 is 6.20. The Kier molecular flexibility index (Phi) is 4.98. The van der Waals surface area contributed by atoms with E-state index < -0.39 is 0 Å². The topological polar surface area (TPSA) is 72.5 Å². The standard InChI is InChI=1S/C20H23ClFN5O2/c1-11-16(21)17(24-23-11)19(28)26-8-13-9-27(20(29)25(2)3)18(15(13)10-26)12-5-4-6-14(22)7-12/h4-7,13,15,18H,8-10H2,1-3H3,(H,23,24)/t13-,15-,18+/m1/s1. The van der Waals surface area contributed by atoms with E-state index in [0.717, 1.165) is 5.56 Å². The number of halogens is 2. The van der Waals surface area contributed by atoms with Crippen molar-refractivity contribution in [3.05, 3.63) is 52.1 Å². The van der Waals surface area contributed by atoms with Gasteiger partial charge in [-0.1, -0.05) is 23.7 Å². The van der Waals surface area contributed by atoms with E-state index in [1.165, 1.54) is 17.0 Å². The second-order valence-corrected chi connectivity index (χ2v) is 8.35. The third-order valence-electron chi connectivity index (χ3n) is 5.84. The maximum Gasteiger partial charge on any atom is 0.320 e.